The predicted octanol–water partition coefficient (Wildman–Crippen LogP) is 1.30. The molecule has 0 atom stereocenters. The summed E-state index contributed by atoms with van der Waals surface area (Å²) in [6, 6.07) is 2.40. The first-order valence-electron chi connectivity index (χ1n) is 6.54. The number of hydrogen-bond donors (Lipinski definition) is 2. The molecule has 1 saturated heterocycles. The second kappa shape index (κ2) is 4.60. The van der Waals surface area contributed by atoms with Gasteiger partial charge in [-0.1, -0.05) is 0 Å². The van der Waals surface area contributed by atoms with Gasteiger partial charge < -0.3 is 10.3 Å². The number of aromatic nitrogens is 1. The van der Waals surface area contributed by atoms with E-state index in [4.69, 9.17) is 0 Å². The van der Waals surface area contributed by atoms with Gasteiger partial charge in [-0.3, -0.25) is 4.90 Å². The summed E-state index contributed by atoms with van der Waals surface area (Å²) in [4.78, 5) is 6.15. The molecule has 0 aromatic carbocycles. The maximum absolute atomic E-state index is 3.62. The number of piperazine rings is 1. The number of nitrogens with one attached hydrogen (secondary N) is 2. The SMILES string of the molecule is c1c(CN2CCNCC2)[nH]c2c1CCCC2. The van der Waals surface area contributed by atoms with Crippen LogP contribution in [0.3, 0.4) is 0 Å². The summed E-state index contributed by atoms with van der Waals surface area (Å²) in [5, 5.41) is 3.40. The summed E-state index contributed by atoms with van der Waals surface area (Å²) in [7, 11) is 0. The van der Waals surface area contributed by atoms with Crippen LogP contribution in [-0.4, -0.2) is 36.1 Å². The average Bonchev–Trinajstić information content (AvgIpc) is 2.72. The van der Waals surface area contributed by atoms with Gasteiger partial charge >= 0.3 is 0 Å². The molecule has 1 aliphatic carbocycles. The van der Waals surface area contributed by atoms with Crippen molar-refractivity contribution in [1.29, 1.82) is 0 Å². The number of H-pyrrole nitrogens is 1. The maximum Gasteiger partial charge on any atom is 0.0386 e. The van der Waals surface area contributed by atoms with Gasteiger partial charge in [0.1, 0.15) is 0 Å². The second-order valence-corrected chi connectivity index (χ2v) is 5.03. The minimum atomic E-state index is 1.11. The zero-order valence-corrected chi connectivity index (χ0v) is 9.89. The molecule has 0 saturated carbocycles. The monoisotopic (exact) mass is 219 g/mol. The molecule has 16 heavy (non-hydrogen) atoms. The lowest BCUT2D eigenvalue weighted by atomic mass is 9.98. The van der Waals surface area contributed by atoms with Crippen LogP contribution in [0.25, 0.3) is 0 Å². The van der Waals surface area contributed by atoms with Crippen molar-refractivity contribution in [2.24, 2.45) is 0 Å². The number of rotatable bonds is 2. The molecule has 2 N–H and O–H groups in total. The van der Waals surface area contributed by atoms with E-state index in [1.54, 1.807) is 5.56 Å². The largest absolute Gasteiger partial charge is 0.361 e. The van der Waals surface area contributed by atoms with Crippen molar-refractivity contribution in [2.75, 3.05) is 26.2 Å². The van der Waals surface area contributed by atoms with Crippen LogP contribution in [0.2, 0.25) is 0 Å². The van der Waals surface area contributed by atoms with E-state index < -0.39 is 0 Å². The Morgan fingerprint density at radius 3 is 2.75 bits per heavy atom. The van der Waals surface area contributed by atoms with Crippen molar-refractivity contribution >= 4 is 0 Å². The molecule has 0 spiro atoms. The normalized spacial score (nSPS) is 22.0. The lowest BCUT2D eigenvalue weighted by Gasteiger charge is -2.26. The molecule has 3 rings (SSSR count). The number of nitrogens with zero attached hydrogens (tertiary/aromatic N) is 1. The summed E-state index contributed by atoms with van der Waals surface area (Å²) >= 11 is 0. The van der Waals surface area contributed by atoms with Gasteiger partial charge in [0.05, 0.1) is 0 Å². The van der Waals surface area contributed by atoms with Crippen LogP contribution < -0.4 is 5.32 Å². The van der Waals surface area contributed by atoms with Crippen molar-refractivity contribution in [3.63, 3.8) is 0 Å². The van der Waals surface area contributed by atoms with Crippen LogP contribution in [0, 0.1) is 0 Å². The van der Waals surface area contributed by atoms with E-state index in [9.17, 15) is 0 Å². The smallest absolute Gasteiger partial charge is 0.0386 e. The molecule has 0 bridgehead atoms. The number of aryl methyl sites for hydroxylation is 2. The van der Waals surface area contributed by atoms with Gasteiger partial charge in [-0.2, -0.15) is 0 Å². The van der Waals surface area contributed by atoms with Crippen molar-refractivity contribution in [3.8, 4) is 0 Å². The van der Waals surface area contributed by atoms with Crippen molar-refractivity contribution in [3.05, 3.63) is 23.0 Å². The molecular formula is C13H21N3. The Morgan fingerprint density at radius 2 is 1.94 bits per heavy atom. The third kappa shape index (κ3) is 2.15. The Labute approximate surface area is 97.2 Å². The molecular weight excluding hydrogens is 198 g/mol. The van der Waals surface area contributed by atoms with Gasteiger partial charge in [-0.15, -0.1) is 0 Å². The fraction of sp³-hybridized carbons (Fsp3) is 0.692. The first-order valence-corrected chi connectivity index (χ1v) is 6.54. The molecule has 1 aliphatic heterocycles. The Balaban J connectivity index is 1.67. The summed E-state index contributed by atoms with van der Waals surface area (Å²) in [6.45, 7) is 5.75. The molecule has 1 fully saturated rings. The van der Waals surface area contributed by atoms with Crippen molar-refractivity contribution in [1.82, 2.24) is 15.2 Å². The molecule has 2 heterocycles. The van der Waals surface area contributed by atoms with E-state index in [1.165, 1.54) is 50.2 Å². The lowest BCUT2D eigenvalue weighted by Crippen LogP contribution is -2.42. The quantitative estimate of drug-likeness (QED) is 0.785. The van der Waals surface area contributed by atoms with Gasteiger partial charge in [0.25, 0.3) is 0 Å². The molecule has 0 amide bonds. The van der Waals surface area contributed by atoms with Crippen LogP contribution >= 0.6 is 0 Å². The summed E-state index contributed by atoms with van der Waals surface area (Å²) in [5.74, 6) is 0. The average molecular weight is 219 g/mol. The fourth-order valence-electron chi connectivity index (χ4n) is 2.87. The van der Waals surface area contributed by atoms with E-state index in [0.717, 1.165) is 19.6 Å². The highest BCUT2D eigenvalue weighted by Gasteiger charge is 2.15. The minimum Gasteiger partial charge on any atom is -0.361 e. The summed E-state index contributed by atoms with van der Waals surface area (Å²) < 4.78 is 0. The van der Waals surface area contributed by atoms with E-state index in [-0.39, 0.29) is 0 Å². The Kier molecular flexibility index (Phi) is 2.98. The highest BCUT2D eigenvalue weighted by atomic mass is 15.2. The van der Waals surface area contributed by atoms with Crippen LogP contribution in [0.15, 0.2) is 6.07 Å². The standard InChI is InChI=1S/C13H21N3/c1-2-4-13-11(3-1)9-12(15-13)10-16-7-5-14-6-8-16/h9,14-15H,1-8,10H2. The molecule has 1 aromatic heterocycles. The van der Waals surface area contributed by atoms with Crippen LogP contribution in [0.1, 0.15) is 29.8 Å². The van der Waals surface area contributed by atoms with E-state index >= 15 is 0 Å². The zero-order valence-electron chi connectivity index (χ0n) is 9.89. The second-order valence-electron chi connectivity index (χ2n) is 5.03. The maximum atomic E-state index is 3.62. The highest BCUT2D eigenvalue weighted by Crippen LogP contribution is 2.22. The molecule has 0 unspecified atom stereocenters. The highest BCUT2D eigenvalue weighted by molar-refractivity contribution is 5.28. The van der Waals surface area contributed by atoms with E-state index in [2.05, 4.69) is 21.3 Å². The third-order valence-electron chi connectivity index (χ3n) is 3.77. The Hall–Kier alpha value is -0.800. The van der Waals surface area contributed by atoms with Crippen LogP contribution in [0.5, 0.6) is 0 Å². The van der Waals surface area contributed by atoms with E-state index in [1.807, 2.05) is 0 Å². The molecule has 3 nitrogen and oxygen atoms in total. The van der Waals surface area contributed by atoms with Gasteiger partial charge in [0, 0.05) is 44.1 Å². The summed E-state index contributed by atoms with van der Waals surface area (Å²) in [5.41, 5.74) is 4.52. The first-order chi connectivity index (χ1) is 7.92. The fourth-order valence-corrected chi connectivity index (χ4v) is 2.87. The predicted molar refractivity (Wildman–Crippen MR) is 65.6 cm³/mol. The Morgan fingerprint density at radius 1 is 1.12 bits per heavy atom. The van der Waals surface area contributed by atoms with Gasteiger partial charge in [0.15, 0.2) is 0 Å². The number of aromatic amines is 1. The van der Waals surface area contributed by atoms with Gasteiger partial charge in [0.2, 0.25) is 0 Å². The molecule has 2 aliphatic rings. The third-order valence-corrected chi connectivity index (χ3v) is 3.77. The first kappa shape index (κ1) is 10.4. The van der Waals surface area contributed by atoms with E-state index in [0.29, 0.717) is 0 Å². The van der Waals surface area contributed by atoms with Crippen LogP contribution in [0.4, 0.5) is 0 Å². The molecule has 0 radical (unpaired) electrons. The molecule has 3 heteroatoms. The zero-order chi connectivity index (χ0) is 10.8. The van der Waals surface area contributed by atoms with Crippen molar-refractivity contribution < 1.29 is 0 Å². The van der Waals surface area contributed by atoms with Gasteiger partial charge in [-0.25, -0.2) is 0 Å². The lowest BCUT2D eigenvalue weighted by molar-refractivity contribution is 0.231. The van der Waals surface area contributed by atoms with Crippen LogP contribution in [-0.2, 0) is 19.4 Å². The van der Waals surface area contributed by atoms with Gasteiger partial charge in [-0.05, 0) is 37.3 Å². The minimum absolute atomic E-state index is 1.11. The number of hydrogen-bond acceptors (Lipinski definition) is 2. The molecule has 1 aromatic rings. The molecule has 88 valence electrons. The topological polar surface area (TPSA) is 31.1 Å². The Bertz CT molecular complexity index is 327. The summed E-state index contributed by atoms with van der Waals surface area (Å²) in [6.07, 6.45) is 5.28. The number of fused-ring (bicyclic) bond motifs is 1. The van der Waals surface area contributed by atoms with Crippen molar-refractivity contribution in [2.45, 2.75) is 32.2 Å².